The van der Waals surface area contributed by atoms with Crippen molar-refractivity contribution in [3.8, 4) is 5.75 Å². The molecule has 1 saturated heterocycles. The minimum atomic E-state index is -0.224. The zero-order valence-corrected chi connectivity index (χ0v) is 17.4. The van der Waals surface area contributed by atoms with Crippen LogP contribution in [-0.4, -0.2) is 24.2 Å². The van der Waals surface area contributed by atoms with Gasteiger partial charge in [-0.25, -0.2) is 0 Å². The maximum atomic E-state index is 12.5. The van der Waals surface area contributed by atoms with Crippen molar-refractivity contribution in [1.82, 2.24) is 0 Å². The normalized spacial score (nSPS) is 15.8. The third-order valence-electron chi connectivity index (χ3n) is 4.74. The monoisotopic (exact) mass is 418 g/mol. The summed E-state index contributed by atoms with van der Waals surface area (Å²) < 4.78 is 5.47. The number of hydrogen-bond donors (Lipinski definition) is 1. The molecule has 0 unspecified atom stereocenters. The van der Waals surface area contributed by atoms with Crippen LogP contribution in [0.2, 0.25) is 0 Å². The smallest absolute Gasteiger partial charge is 0.262 e. The number of carbonyl (C=O) groups is 2. The van der Waals surface area contributed by atoms with E-state index >= 15 is 0 Å². The first-order valence-corrected chi connectivity index (χ1v) is 10.7. The Morgan fingerprint density at radius 1 is 1.07 bits per heavy atom. The minimum absolute atomic E-state index is 0.0557. The summed E-state index contributed by atoms with van der Waals surface area (Å²) in [7, 11) is 0. The molecule has 0 aromatic heterocycles. The number of rotatable bonds is 6. The van der Waals surface area contributed by atoms with Crippen LogP contribution < -0.4 is 15.0 Å². The second-order valence-electron chi connectivity index (χ2n) is 7.04. The molecule has 1 aliphatic heterocycles. The second kappa shape index (κ2) is 9.05. The molecule has 0 radical (unpaired) electrons. The molecule has 152 valence electrons. The number of nitrogens with zero attached hydrogens (tertiary/aromatic N) is 1. The fourth-order valence-electron chi connectivity index (χ4n) is 3.32. The highest BCUT2D eigenvalue weighted by molar-refractivity contribution is 8.00. The molecule has 0 spiro atoms. The van der Waals surface area contributed by atoms with Gasteiger partial charge in [-0.3, -0.25) is 14.5 Å². The van der Waals surface area contributed by atoms with Gasteiger partial charge in [0.1, 0.15) is 11.1 Å². The number of thioether (sulfide) groups is 1. The number of carbonyl (C=O) groups excluding carboxylic acids is 2. The molecule has 0 aliphatic carbocycles. The summed E-state index contributed by atoms with van der Waals surface area (Å²) in [5.74, 6) is 0.986. The maximum absolute atomic E-state index is 12.5. The third-order valence-corrected chi connectivity index (χ3v) is 5.95. The van der Waals surface area contributed by atoms with E-state index in [0.29, 0.717) is 17.2 Å². The lowest BCUT2D eigenvalue weighted by molar-refractivity contribution is -0.118. The summed E-state index contributed by atoms with van der Waals surface area (Å²) in [6.45, 7) is 1.96. The van der Waals surface area contributed by atoms with Gasteiger partial charge in [0, 0.05) is 11.4 Å². The van der Waals surface area contributed by atoms with E-state index < -0.39 is 0 Å². The first-order valence-electron chi connectivity index (χ1n) is 9.68. The van der Waals surface area contributed by atoms with E-state index in [1.54, 1.807) is 11.8 Å². The highest BCUT2D eigenvalue weighted by Crippen LogP contribution is 2.42. The minimum Gasteiger partial charge on any atom is -0.484 e. The Kier molecular flexibility index (Phi) is 6.05. The van der Waals surface area contributed by atoms with E-state index in [4.69, 9.17) is 4.74 Å². The molecule has 1 aliphatic rings. The number of aryl methyl sites for hydroxylation is 1. The van der Waals surface area contributed by atoms with E-state index in [0.717, 1.165) is 16.8 Å². The van der Waals surface area contributed by atoms with E-state index in [9.17, 15) is 9.59 Å². The van der Waals surface area contributed by atoms with Crippen LogP contribution in [0.1, 0.15) is 16.5 Å². The summed E-state index contributed by atoms with van der Waals surface area (Å²) >= 11 is 1.61. The van der Waals surface area contributed by atoms with Gasteiger partial charge < -0.3 is 10.1 Å². The van der Waals surface area contributed by atoms with Crippen LogP contribution in [0, 0.1) is 6.92 Å². The number of ether oxygens (including phenoxy) is 1. The molecule has 5 nitrogen and oxygen atoms in total. The van der Waals surface area contributed by atoms with Gasteiger partial charge in [-0.2, -0.15) is 0 Å². The van der Waals surface area contributed by atoms with Gasteiger partial charge in [0.05, 0.1) is 5.75 Å². The highest BCUT2D eigenvalue weighted by Gasteiger charge is 2.34. The SMILES string of the molecule is Cc1cccc(N2C(=O)CS[C@H]2c2ccc(NC(=O)COc3ccccc3)cc2)c1. The fourth-order valence-corrected chi connectivity index (χ4v) is 4.50. The maximum Gasteiger partial charge on any atom is 0.262 e. The summed E-state index contributed by atoms with van der Waals surface area (Å²) in [5.41, 5.74) is 3.74. The molecule has 30 heavy (non-hydrogen) atoms. The van der Waals surface area contributed by atoms with Crippen molar-refractivity contribution in [3.63, 3.8) is 0 Å². The van der Waals surface area contributed by atoms with Crippen LogP contribution >= 0.6 is 11.8 Å². The number of anilines is 2. The molecule has 1 fully saturated rings. The topological polar surface area (TPSA) is 58.6 Å². The summed E-state index contributed by atoms with van der Waals surface area (Å²) in [6, 6.07) is 24.8. The number of para-hydroxylation sites is 1. The zero-order chi connectivity index (χ0) is 20.9. The molecule has 2 amide bonds. The molecule has 3 aromatic carbocycles. The quantitative estimate of drug-likeness (QED) is 0.625. The van der Waals surface area contributed by atoms with Crippen molar-refractivity contribution in [2.24, 2.45) is 0 Å². The molecule has 0 bridgehead atoms. The Bertz CT molecular complexity index is 1040. The van der Waals surface area contributed by atoms with Gasteiger partial charge in [0.25, 0.3) is 5.91 Å². The Morgan fingerprint density at radius 3 is 2.57 bits per heavy atom. The number of benzene rings is 3. The predicted molar refractivity (Wildman–Crippen MR) is 121 cm³/mol. The first-order chi connectivity index (χ1) is 14.6. The molecule has 1 atom stereocenters. The van der Waals surface area contributed by atoms with Crippen LogP contribution in [0.3, 0.4) is 0 Å². The Hall–Kier alpha value is -3.25. The predicted octanol–water partition coefficient (Wildman–Crippen LogP) is 4.79. The van der Waals surface area contributed by atoms with Crippen molar-refractivity contribution in [2.45, 2.75) is 12.3 Å². The van der Waals surface area contributed by atoms with Gasteiger partial charge in [-0.15, -0.1) is 11.8 Å². The Labute approximate surface area is 180 Å². The highest BCUT2D eigenvalue weighted by atomic mass is 32.2. The molecule has 0 saturated carbocycles. The fraction of sp³-hybridized carbons (Fsp3) is 0.167. The van der Waals surface area contributed by atoms with Crippen LogP contribution in [0.25, 0.3) is 0 Å². The lowest BCUT2D eigenvalue weighted by atomic mass is 10.1. The third kappa shape index (κ3) is 4.66. The first kappa shape index (κ1) is 20.0. The lowest BCUT2D eigenvalue weighted by Crippen LogP contribution is -2.27. The van der Waals surface area contributed by atoms with Crippen LogP contribution in [-0.2, 0) is 9.59 Å². The van der Waals surface area contributed by atoms with Crippen molar-refractivity contribution in [3.05, 3.63) is 90.0 Å². The number of nitrogens with one attached hydrogen (secondary N) is 1. The van der Waals surface area contributed by atoms with Gasteiger partial charge in [-0.1, -0.05) is 42.5 Å². The van der Waals surface area contributed by atoms with Crippen LogP contribution in [0.5, 0.6) is 5.75 Å². The van der Waals surface area contributed by atoms with Crippen molar-refractivity contribution in [2.75, 3.05) is 22.6 Å². The molecule has 1 heterocycles. The van der Waals surface area contributed by atoms with Crippen LogP contribution in [0.15, 0.2) is 78.9 Å². The lowest BCUT2D eigenvalue weighted by Gasteiger charge is -2.25. The van der Waals surface area contributed by atoms with E-state index in [2.05, 4.69) is 5.32 Å². The zero-order valence-electron chi connectivity index (χ0n) is 16.6. The average molecular weight is 419 g/mol. The molecule has 4 rings (SSSR count). The van der Waals surface area contributed by atoms with Crippen molar-refractivity contribution in [1.29, 1.82) is 0 Å². The largest absolute Gasteiger partial charge is 0.484 e. The molecule has 3 aromatic rings. The van der Waals surface area contributed by atoms with Crippen molar-refractivity contribution < 1.29 is 14.3 Å². The standard InChI is InChI=1S/C24H22N2O3S/c1-17-6-5-7-20(14-17)26-23(28)16-30-24(26)18-10-12-19(13-11-18)25-22(27)15-29-21-8-3-2-4-9-21/h2-14,24H,15-16H2,1H3,(H,25,27)/t24-/m0/s1. The van der Waals surface area contributed by atoms with Gasteiger partial charge in [0.2, 0.25) is 5.91 Å². The van der Waals surface area contributed by atoms with E-state index in [-0.39, 0.29) is 23.8 Å². The van der Waals surface area contributed by atoms with Gasteiger partial charge in [0.15, 0.2) is 6.61 Å². The summed E-state index contributed by atoms with van der Waals surface area (Å²) in [5, 5.41) is 2.76. The molecular weight excluding hydrogens is 396 g/mol. The Balaban J connectivity index is 1.41. The molecular formula is C24H22N2O3S. The van der Waals surface area contributed by atoms with Gasteiger partial charge in [-0.05, 0) is 54.4 Å². The number of amides is 2. The Morgan fingerprint density at radius 2 is 1.83 bits per heavy atom. The van der Waals surface area contributed by atoms with Crippen LogP contribution in [0.4, 0.5) is 11.4 Å². The number of hydrogen-bond acceptors (Lipinski definition) is 4. The van der Waals surface area contributed by atoms with Crippen molar-refractivity contribution >= 4 is 35.0 Å². The summed E-state index contributed by atoms with van der Waals surface area (Å²) in [4.78, 5) is 26.5. The van der Waals surface area contributed by atoms with E-state index in [1.165, 1.54) is 0 Å². The van der Waals surface area contributed by atoms with E-state index in [1.807, 2.05) is 90.7 Å². The second-order valence-corrected chi connectivity index (χ2v) is 8.11. The molecule has 6 heteroatoms. The average Bonchev–Trinajstić information content (AvgIpc) is 3.15. The molecule has 1 N–H and O–H groups in total. The van der Waals surface area contributed by atoms with Gasteiger partial charge >= 0.3 is 0 Å². The summed E-state index contributed by atoms with van der Waals surface area (Å²) in [6.07, 6.45) is 0.